The first kappa shape index (κ1) is 17.0. The van der Waals surface area contributed by atoms with Gasteiger partial charge in [-0.1, -0.05) is 18.9 Å². The molecule has 7 heteroatoms. The van der Waals surface area contributed by atoms with Gasteiger partial charge >= 0.3 is 0 Å². The molecule has 1 fully saturated rings. The van der Waals surface area contributed by atoms with Crippen molar-refractivity contribution >= 4 is 33.0 Å². The predicted octanol–water partition coefficient (Wildman–Crippen LogP) is 3.56. The number of benzene rings is 1. The Balaban J connectivity index is 1.70. The number of carbonyl (C=O) groups is 1. The van der Waals surface area contributed by atoms with Gasteiger partial charge in [0, 0.05) is 24.3 Å². The summed E-state index contributed by atoms with van der Waals surface area (Å²) in [5.41, 5.74) is 1.02. The minimum atomic E-state index is -3.56. The van der Waals surface area contributed by atoms with Gasteiger partial charge in [0.05, 0.1) is 0 Å². The molecule has 1 saturated carbocycles. The maximum atomic E-state index is 12.5. The molecule has 3 rings (SSSR count). The molecular weight excluding hydrogens is 344 g/mol. The van der Waals surface area contributed by atoms with Crippen LogP contribution in [0.4, 0.5) is 5.69 Å². The maximum Gasteiger partial charge on any atom is 0.271 e. The van der Waals surface area contributed by atoms with E-state index in [9.17, 15) is 13.2 Å². The molecule has 0 atom stereocenters. The lowest BCUT2D eigenvalue weighted by atomic mass is 10.1. The molecule has 1 heterocycles. The van der Waals surface area contributed by atoms with Crippen LogP contribution in [-0.4, -0.2) is 32.3 Å². The van der Waals surface area contributed by atoms with Crippen molar-refractivity contribution in [3.8, 4) is 0 Å². The first-order valence-corrected chi connectivity index (χ1v) is 10.3. The van der Waals surface area contributed by atoms with Gasteiger partial charge in [-0.05, 0) is 48.6 Å². The fraction of sp³-hybridized carbons (Fsp3) is 0.353. The van der Waals surface area contributed by atoms with Crippen LogP contribution in [0, 0.1) is 0 Å². The van der Waals surface area contributed by atoms with E-state index in [1.54, 1.807) is 46.7 Å². The Morgan fingerprint density at radius 1 is 1.17 bits per heavy atom. The zero-order chi connectivity index (χ0) is 17.2. The molecule has 0 bridgehead atoms. The summed E-state index contributed by atoms with van der Waals surface area (Å²) in [5.74, 6) is -0.0189. The summed E-state index contributed by atoms with van der Waals surface area (Å²) in [6.45, 7) is 0. The quantitative estimate of drug-likeness (QED) is 0.882. The monoisotopic (exact) mass is 364 g/mol. The Kier molecular flexibility index (Phi) is 4.91. The van der Waals surface area contributed by atoms with Crippen LogP contribution < -0.4 is 4.72 Å². The molecular formula is C17H20N2O3S2. The van der Waals surface area contributed by atoms with Crippen molar-refractivity contribution in [3.63, 3.8) is 0 Å². The van der Waals surface area contributed by atoms with Crippen LogP contribution in [0.25, 0.3) is 0 Å². The smallest absolute Gasteiger partial charge is 0.271 e. The molecule has 1 amide bonds. The van der Waals surface area contributed by atoms with E-state index in [1.165, 1.54) is 12.8 Å². The lowest BCUT2D eigenvalue weighted by Crippen LogP contribution is -2.35. The third-order valence-electron chi connectivity index (χ3n) is 4.34. The average molecular weight is 364 g/mol. The molecule has 2 aromatic rings. The SMILES string of the molecule is CN(C(=O)c1ccc(NS(=O)(=O)c2cccs2)cc1)C1CCCC1. The lowest BCUT2D eigenvalue weighted by Gasteiger charge is -2.24. The standard InChI is InChI=1S/C17H20N2O3S2/c1-19(15-5-2-3-6-15)17(20)13-8-10-14(11-9-13)18-24(21,22)16-7-4-12-23-16/h4,7-12,15,18H,2-3,5-6H2,1H3. The molecule has 1 aromatic carbocycles. The Morgan fingerprint density at radius 3 is 2.42 bits per heavy atom. The molecule has 1 aliphatic rings. The number of rotatable bonds is 5. The zero-order valence-electron chi connectivity index (χ0n) is 13.4. The van der Waals surface area contributed by atoms with Crippen molar-refractivity contribution in [1.29, 1.82) is 0 Å². The molecule has 0 saturated heterocycles. The third-order valence-corrected chi connectivity index (χ3v) is 7.12. The van der Waals surface area contributed by atoms with Crippen molar-refractivity contribution in [1.82, 2.24) is 4.90 Å². The Morgan fingerprint density at radius 2 is 1.83 bits per heavy atom. The summed E-state index contributed by atoms with van der Waals surface area (Å²) in [4.78, 5) is 14.3. The molecule has 24 heavy (non-hydrogen) atoms. The van der Waals surface area contributed by atoms with Gasteiger partial charge in [-0.25, -0.2) is 8.42 Å². The molecule has 1 N–H and O–H groups in total. The number of hydrogen-bond donors (Lipinski definition) is 1. The van der Waals surface area contributed by atoms with E-state index in [4.69, 9.17) is 0 Å². The first-order chi connectivity index (χ1) is 11.5. The first-order valence-electron chi connectivity index (χ1n) is 7.91. The molecule has 128 valence electrons. The summed E-state index contributed by atoms with van der Waals surface area (Å²) in [5, 5.41) is 1.72. The van der Waals surface area contributed by atoms with Crippen LogP contribution in [0.15, 0.2) is 46.0 Å². The molecule has 1 aromatic heterocycles. The normalized spacial score (nSPS) is 15.4. The van der Waals surface area contributed by atoms with Crippen LogP contribution in [0.3, 0.4) is 0 Å². The van der Waals surface area contributed by atoms with E-state index in [2.05, 4.69) is 4.72 Å². The maximum absolute atomic E-state index is 12.5. The summed E-state index contributed by atoms with van der Waals surface area (Å²) in [7, 11) is -1.72. The molecule has 0 aliphatic heterocycles. The highest BCUT2D eigenvalue weighted by atomic mass is 32.2. The van der Waals surface area contributed by atoms with E-state index in [1.807, 2.05) is 7.05 Å². The molecule has 0 spiro atoms. The number of thiophene rings is 1. The van der Waals surface area contributed by atoms with Gasteiger partial charge in [0.2, 0.25) is 0 Å². The highest BCUT2D eigenvalue weighted by Crippen LogP contribution is 2.24. The van der Waals surface area contributed by atoms with Gasteiger partial charge in [0.15, 0.2) is 0 Å². The van der Waals surface area contributed by atoms with E-state index in [-0.39, 0.29) is 10.1 Å². The number of hydrogen-bond acceptors (Lipinski definition) is 4. The number of nitrogens with zero attached hydrogens (tertiary/aromatic N) is 1. The summed E-state index contributed by atoms with van der Waals surface area (Å²) in [6.07, 6.45) is 4.46. The van der Waals surface area contributed by atoms with Gasteiger partial charge in [-0.3, -0.25) is 9.52 Å². The fourth-order valence-electron chi connectivity index (χ4n) is 2.96. The largest absolute Gasteiger partial charge is 0.339 e. The second-order valence-corrected chi connectivity index (χ2v) is 8.83. The Hall–Kier alpha value is -1.86. The van der Waals surface area contributed by atoms with Crippen LogP contribution in [0.5, 0.6) is 0 Å². The van der Waals surface area contributed by atoms with Gasteiger partial charge in [-0.2, -0.15) is 0 Å². The predicted molar refractivity (Wildman–Crippen MR) is 95.9 cm³/mol. The fourth-order valence-corrected chi connectivity index (χ4v) is 5.02. The summed E-state index contributed by atoms with van der Waals surface area (Å²) < 4.78 is 27.2. The minimum Gasteiger partial charge on any atom is -0.339 e. The highest BCUT2D eigenvalue weighted by Gasteiger charge is 2.24. The van der Waals surface area contributed by atoms with E-state index in [0.29, 0.717) is 17.3 Å². The number of sulfonamides is 1. The second kappa shape index (κ2) is 6.94. The van der Waals surface area contributed by atoms with Crippen LogP contribution in [0.1, 0.15) is 36.0 Å². The molecule has 0 unspecified atom stereocenters. The van der Waals surface area contributed by atoms with Gasteiger partial charge in [0.25, 0.3) is 15.9 Å². The second-order valence-electron chi connectivity index (χ2n) is 5.97. The van der Waals surface area contributed by atoms with Crippen LogP contribution in [0.2, 0.25) is 0 Å². The number of anilines is 1. The summed E-state index contributed by atoms with van der Waals surface area (Å²) >= 11 is 1.16. The average Bonchev–Trinajstić information content (AvgIpc) is 3.27. The number of carbonyl (C=O) groups excluding carboxylic acids is 1. The third kappa shape index (κ3) is 3.62. The lowest BCUT2D eigenvalue weighted by molar-refractivity contribution is 0.0735. The Bertz CT molecular complexity index is 793. The minimum absolute atomic E-state index is 0.0189. The molecule has 1 aliphatic carbocycles. The van der Waals surface area contributed by atoms with Crippen LogP contribution in [-0.2, 0) is 10.0 Å². The van der Waals surface area contributed by atoms with Gasteiger partial charge in [0.1, 0.15) is 4.21 Å². The number of nitrogens with one attached hydrogen (secondary N) is 1. The van der Waals surface area contributed by atoms with Crippen molar-refractivity contribution in [3.05, 3.63) is 47.3 Å². The van der Waals surface area contributed by atoms with E-state index in [0.717, 1.165) is 24.2 Å². The van der Waals surface area contributed by atoms with Crippen LogP contribution >= 0.6 is 11.3 Å². The van der Waals surface area contributed by atoms with Crippen molar-refractivity contribution in [2.45, 2.75) is 35.9 Å². The van der Waals surface area contributed by atoms with Gasteiger partial charge < -0.3 is 4.90 Å². The van der Waals surface area contributed by atoms with Gasteiger partial charge in [-0.15, -0.1) is 11.3 Å². The molecule has 0 radical (unpaired) electrons. The highest BCUT2D eigenvalue weighted by molar-refractivity contribution is 7.94. The summed E-state index contributed by atoms with van der Waals surface area (Å²) in [6, 6.07) is 10.2. The zero-order valence-corrected chi connectivity index (χ0v) is 15.1. The Labute approximate surface area is 146 Å². The topological polar surface area (TPSA) is 66.5 Å². The van der Waals surface area contributed by atoms with E-state index < -0.39 is 10.0 Å². The molecule has 5 nitrogen and oxygen atoms in total. The van der Waals surface area contributed by atoms with Crippen molar-refractivity contribution < 1.29 is 13.2 Å². The van der Waals surface area contributed by atoms with E-state index >= 15 is 0 Å². The van der Waals surface area contributed by atoms with Crippen molar-refractivity contribution in [2.24, 2.45) is 0 Å². The number of amides is 1. The van der Waals surface area contributed by atoms with Crippen molar-refractivity contribution in [2.75, 3.05) is 11.8 Å².